The molecule has 0 aliphatic carbocycles. The highest BCUT2D eigenvalue weighted by Gasteiger charge is 2.30. The second kappa shape index (κ2) is 6.17. The molecule has 1 amide bonds. The molecule has 1 heterocycles. The number of rotatable bonds is 3. The van der Waals surface area contributed by atoms with Gasteiger partial charge in [-0.1, -0.05) is 49.7 Å². The first kappa shape index (κ1) is 15.8. The van der Waals surface area contributed by atoms with Gasteiger partial charge in [0.2, 0.25) is 0 Å². The highest BCUT2D eigenvalue weighted by atomic mass is 35.5. The van der Waals surface area contributed by atoms with Crippen LogP contribution in [0.3, 0.4) is 0 Å². The molecule has 0 unspecified atom stereocenters. The van der Waals surface area contributed by atoms with Crippen molar-refractivity contribution in [1.29, 1.82) is 0 Å². The van der Waals surface area contributed by atoms with Crippen LogP contribution in [-0.4, -0.2) is 11.6 Å². The highest BCUT2D eigenvalue weighted by molar-refractivity contribution is 6.57. The molecular formula is C19H19ClN2O. The Hall–Kier alpha value is -2.13. The van der Waals surface area contributed by atoms with Crippen molar-refractivity contribution in [3.05, 3.63) is 57.6 Å². The SMILES string of the molecule is CCc1cccc(CC)c1N=C1C(=O)Nc2c(C)ccc(Cl)c21. The van der Waals surface area contributed by atoms with E-state index in [0.717, 1.165) is 40.9 Å². The predicted molar refractivity (Wildman–Crippen MR) is 96.2 cm³/mol. The summed E-state index contributed by atoms with van der Waals surface area (Å²) >= 11 is 6.34. The normalized spacial score (nSPS) is 15.0. The molecule has 0 atom stereocenters. The number of carbonyl (C=O) groups excluding carboxylic acids is 1. The summed E-state index contributed by atoms with van der Waals surface area (Å²) in [5.74, 6) is -0.191. The molecule has 2 aromatic carbocycles. The van der Waals surface area contributed by atoms with Gasteiger partial charge in [0.1, 0.15) is 5.71 Å². The maximum Gasteiger partial charge on any atom is 0.275 e. The van der Waals surface area contributed by atoms with Gasteiger partial charge in [-0.2, -0.15) is 0 Å². The average Bonchev–Trinajstić information content (AvgIpc) is 2.89. The molecule has 0 saturated carbocycles. The quantitative estimate of drug-likeness (QED) is 0.861. The van der Waals surface area contributed by atoms with Gasteiger partial charge >= 0.3 is 0 Å². The number of fused-ring (bicyclic) bond motifs is 1. The van der Waals surface area contributed by atoms with E-state index >= 15 is 0 Å². The maximum atomic E-state index is 12.4. The van der Waals surface area contributed by atoms with E-state index in [2.05, 4.69) is 31.3 Å². The molecule has 2 aromatic rings. The monoisotopic (exact) mass is 326 g/mol. The van der Waals surface area contributed by atoms with Gasteiger partial charge in [-0.25, -0.2) is 4.99 Å². The van der Waals surface area contributed by atoms with Gasteiger partial charge in [0, 0.05) is 5.56 Å². The first-order valence-corrected chi connectivity index (χ1v) is 8.24. The third-order valence-electron chi connectivity index (χ3n) is 4.24. The summed E-state index contributed by atoms with van der Waals surface area (Å²) in [5, 5.41) is 3.45. The molecule has 0 bridgehead atoms. The van der Waals surface area contributed by atoms with Crippen LogP contribution in [0, 0.1) is 6.92 Å². The minimum absolute atomic E-state index is 0.191. The topological polar surface area (TPSA) is 41.5 Å². The highest BCUT2D eigenvalue weighted by Crippen LogP contribution is 2.35. The number of benzene rings is 2. The summed E-state index contributed by atoms with van der Waals surface area (Å²) in [6.45, 7) is 6.15. The van der Waals surface area contributed by atoms with Crippen molar-refractivity contribution in [2.75, 3.05) is 5.32 Å². The predicted octanol–water partition coefficient (Wildman–Crippen LogP) is 4.85. The fraction of sp³-hybridized carbons (Fsp3) is 0.263. The number of amides is 1. The van der Waals surface area contributed by atoms with E-state index in [-0.39, 0.29) is 5.91 Å². The summed E-state index contributed by atoms with van der Waals surface area (Å²) < 4.78 is 0. The van der Waals surface area contributed by atoms with E-state index in [0.29, 0.717) is 16.3 Å². The van der Waals surface area contributed by atoms with Crippen molar-refractivity contribution in [1.82, 2.24) is 0 Å². The van der Waals surface area contributed by atoms with Crippen LogP contribution in [0.4, 0.5) is 11.4 Å². The Morgan fingerprint density at radius 2 is 1.74 bits per heavy atom. The van der Waals surface area contributed by atoms with Crippen LogP contribution in [0.15, 0.2) is 35.3 Å². The van der Waals surface area contributed by atoms with E-state index in [1.54, 1.807) is 0 Å². The molecule has 0 aromatic heterocycles. The third-order valence-corrected chi connectivity index (χ3v) is 4.56. The maximum absolute atomic E-state index is 12.4. The van der Waals surface area contributed by atoms with Crippen molar-refractivity contribution < 1.29 is 4.79 Å². The number of hydrogen-bond donors (Lipinski definition) is 1. The first-order chi connectivity index (χ1) is 11.1. The lowest BCUT2D eigenvalue weighted by Crippen LogP contribution is -2.14. The molecule has 0 spiro atoms. The van der Waals surface area contributed by atoms with Gasteiger partial charge in [0.25, 0.3) is 5.91 Å². The number of anilines is 1. The molecule has 0 fully saturated rings. The van der Waals surface area contributed by atoms with Crippen molar-refractivity contribution >= 4 is 34.6 Å². The summed E-state index contributed by atoms with van der Waals surface area (Å²) in [5.41, 5.74) is 6.06. The van der Waals surface area contributed by atoms with Crippen LogP contribution in [0.5, 0.6) is 0 Å². The van der Waals surface area contributed by atoms with E-state index in [1.807, 2.05) is 25.1 Å². The Kier molecular flexibility index (Phi) is 4.22. The van der Waals surface area contributed by atoms with Crippen molar-refractivity contribution in [2.45, 2.75) is 33.6 Å². The number of carbonyl (C=O) groups is 1. The molecule has 0 radical (unpaired) electrons. The number of nitrogens with one attached hydrogen (secondary N) is 1. The van der Waals surface area contributed by atoms with Crippen LogP contribution in [0.1, 0.15) is 36.1 Å². The van der Waals surface area contributed by atoms with Crippen LogP contribution in [0.2, 0.25) is 5.02 Å². The smallest absolute Gasteiger partial charge is 0.275 e. The molecule has 3 rings (SSSR count). The van der Waals surface area contributed by atoms with Gasteiger partial charge in [0.05, 0.1) is 16.4 Å². The number of aliphatic imine (C=N–C) groups is 1. The summed E-state index contributed by atoms with van der Waals surface area (Å²) in [6.07, 6.45) is 1.74. The number of para-hydroxylation sites is 1. The van der Waals surface area contributed by atoms with Gasteiger partial charge in [-0.15, -0.1) is 0 Å². The Morgan fingerprint density at radius 3 is 2.35 bits per heavy atom. The lowest BCUT2D eigenvalue weighted by atomic mass is 10.0. The van der Waals surface area contributed by atoms with Crippen LogP contribution in [-0.2, 0) is 17.6 Å². The van der Waals surface area contributed by atoms with Gasteiger partial charge in [-0.3, -0.25) is 4.79 Å². The minimum atomic E-state index is -0.191. The first-order valence-electron chi connectivity index (χ1n) is 7.87. The van der Waals surface area contributed by atoms with Crippen molar-refractivity contribution in [3.63, 3.8) is 0 Å². The molecule has 1 aliphatic rings. The lowest BCUT2D eigenvalue weighted by molar-refractivity contribution is -0.110. The van der Waals surface area contributed by atoms with Crippen LogP contribution < -0.4 is 5.32 Å². The van der Waals surface area contributed by atoms with Gasteiger partial charge in [0.15, 0.2) is 0 Å². The lowest BCUT2D eigenvalue weighted by Gasteiger charge is -2.10. The van der Waals surface area contributed by atoms with Gasteiger partial charge in [-0.05, 0) is 42.5 Å². The van der Waals surface area contributed by atoms with E-state index in [4.69, 9.17) is 16.6 Å². The Balaban J connectivity index is 2.24. The molecule has 1 aliphatic heterocycles. The molecule has 23 heavy (non-hydrogen) atoms. The average molecular weight is 327 g/mol. The Morgan fingerprint density at radius 1 is 1.09 bits per heavy atom. The number of hydrogen-bond acceptors (Lipinski definition) is 2. The summed E-state index contributed by atoms with van der Waals surface area (Å²) in [7, 11) is 0. The summed E-state index contributed by atoms with van der Waals surface area (Å²) in [6, 6.07) is 9.88. The number of aryl methyl sites for hydroxylation is 3. The zero-order chi connectivity index (χ0) is 16.6. The molecule has 0 saturated heterocycles. The van der Waals surface area contributed by atoms with E-state index < -0.39 is 0 Å². The third kappa shape index (κ3) is 2.66. The fourth-order valence-electron chi connectivity index (χ4n) is 2.94. The zero-order valence-corrected chi connectivity index (χ0v) is 14.3. The summed E-state index contributed by atoms with van der Waals surface area (Å²) in [4.78, 5) is 17.2. The van der Waals surface area contributed by atoms with Gasteiger partial charge < -0.3 is 5.32 Å². The fourth-order valence-corrected chi connectivity index (χ4v) is 3.18. The Labute approximate surface area is 141 Å². The van der Waals surface area contributed by atoms with Crippen LogP contribution in [0.25, 0.3) is 0 Å². The second-order valence-corrected chi connectivity index (χ2v) is 6.07. The number of nitrogens with zero attached hydrogens (tertiary/aromatic N) is 1. The molecule has 3 nitrogen and oxygen atoms in total. The molecular weight excluding hydrogens is 308 g/mol. The minimum Gasteiger partial charge on any atom is -0.320 e. The standard InChI is InChI=1S/C19H19ClN2O/c1-4-12-7-6-8-13(5-2)17(12)21-18-15-14(20)10-9-11(3)16(15)22-19(18)23/h6-10H,4-5H2,1-3H3,(H,21,22,23). The zero-order valence-electron chi connectivity index (χ0n) is 13.5. The van der Waals surface area contributed by atoms with E-state index in [9.17, 15) is 4.79 Å². The molecule has 4 heteroatoms. The molecule has 118 valence electrons. The molecule has 1 N–H and O–H groups in total. The largest absolute Gasteiger partial charge is 0.320 e. The van der Waals surface area contributed by atoms with E-state index in [1.165, 1.54) is 0 Å². The Bertz CT molecular complexity index is 802. The second-order valence-electron chi connectivity index (χ2n) is 5.66. The number of halogens is 1. The van der Waals surface area contributed by atoms with Crippen LogP contribution >= 0.6 is 11.6 Å². The van der Waals surface area contributed by atoms with Crippen molar-refractivity contribution in [3.8, 4) is 0 Å². The van der Waals surface area contributed by atoms with Crippen molar-refractivity contribution in [2.24, 2.45) is 4.99 Å².